The number of carboxylic acid groups (broad SMARTS) is 1. The summed E-state index contributed by atoms with van der Waals surface area (Å²) in [6, 6.07) is 1.45. The number of rotatable bonds is 4. The van der Waals surface area contributed by atoms with Crippen molar-refractivity contribution in [3.8, 4) is 0 Å². The van der Waals surface area contributed by atoms with Gasteiger partial charge in [-0.1, -0.05) is 0 Å². The zero-order chi connectivity index (χ0) is 10.7. The van der Waals surface area contributed by atoms with E-state index in [4.69, 9.17) is 5.11 Å². The first-order valence-corrected chi connectivity index (χ1v) is 6.31. The first kappa shape index (κ1) is 12.2. The van der Waals surface area contributed by atoms with E-state index in [1.165, 1.54) is 0 Å². The summed E-state index contributed by atoms with van der Waals surface area (Å²) >= 11 is 8.33. The van der Waals surface area contributed by atoms with Gasteiger partial charge in [0.05, 0.1) is 3.79 Å². The van der Waals surface area contributed by atoms with Crippen LogP contribution in [0.4, 0.5) is 0 Å². The molecule has 0 aliphatic heterocycles. The van der Waals surface area contributed by atoms with E-state index in [1.54, 1.807) is 18.3 Å². The van der Waals surface area contributed by atoms with Gasteiger partial charge in [-0.05, 0) is 44.8 Å². The minimum atomic E-state index is -0.834. The lowest BCUT2D eigenvalue weighted by atomic mass is 10.3. The Morgan fingerprint density at radius 2 is 2.36 bits per heavy atom. The molecule has 2 N–H and O–H groups in total. The third-order valence-electron chi connectivity index (χ3n) is 1.65. The zero-order valence-electron chi connectivity index (χ0n) is 7.38. The average Bonchev–Trinajstić information content (AvgIpc) is 2.42. The highest BCUT2D eigenvalue weighted by atomic mass is 79.9. The molecular weight excluding hydrogens is 334 g/mol. The molecule has 0 spiro atoms. The molecule has 0 saturated carbocycles. The lowest BCUT2D eigenvalue weighted by molar-refractivity contribution is -0.139. The van der Waals surface area contributed by atoms with Crippen LogP contribution in [0.1, 0.15) is 11.8 Å². The molecule has 3 nitrogen and oxygen atoms in total. The first-order valence-electron chi connectivity index (χ1n) is 3.90. The van der Waals surface area contributed by atoms with Crippen LogP contribution in [0.5, 0.6) is 0 Å². The van der Waals surface area contributed by atoms with Crippen LogP contribution in [0.15, 0.2) is 14.3 Å². The number of nitrogens with one attached hydrogen (secondary N) is 1. The second kappa shape index (κ2) is 5.25. The standard InChI is InChI=1S/C8H9Br2NO2S/c1-4(8(12)13)11-3-5-2-6(9)7(10)14-5/h2,4,11H,3H2,1H3,(H,12,13). The van der Waals surface area contributed by atoms with Crippen molar-refractivity contribution in [1.29, 1.82) is 0 Å². The van der Waals surface area contributed by atoms with Gasteiger partial charge in [0.2, 0.25) is 0 Å². The highest BCUT2D eigenvalue weighted by Gasteiger charge is 2.10. The number of carbonyl (C=O) groups is 1. The summed E-state index contributed by atoms with van der Waals surface area (Å²) in [5.74, 6) is -0.834. The van der Waals surface area contributed by atoms with E-state index in [0.717, 1.165) is 13.1 Å². The van der Waals surface area contributed by atoms with Gasteiger partial charge in [0.25, 0.3) is 0 Å². The van der Waals surface area contributed by atoms with Crippen LogP contribution in [0.25, 0.3) is 0 Å². The third-order valence-corrected chi connectivity index (χ3v) is 4.91. The van der Waals surface area contributed by atoms with E-state index in [9.17, 15) is 4.79 Å². The highest BCUT2D eigenvalue weighted by Crippen LogP contribution is 2.32. The number of hydrogen-bond donors (Lipinski definition) is 2. The lowest BCUT2D eigenvalue weighted by Gasteiger charge is -2.06. The Hall–Kier alpha value is 0.0900. The van der Waals surface area contributed by atoms with Crippen molar-refractivity contribution in [3.63, 3.8) is 0 Å². The monoisotopic (exact) mass is 341 g/mol. The maximum absolute atomic E-state index is 10.5. The van der Waals surface area contributed by atoms with Gasteiger partial charge in [-0.15, -0.1) is 11.3 Å². The van der Waals surface area contributed by atoms with E-state index in [0.29, 0.717) is 6.54 Å². The minimum Gasteiger partial charge on any atom is -0.480 e. The van der Waals surface area contributed by atoms with Gasteiger partial charge in [-0.25, -0.2) is 0 Å². The van der Waals surface area contributed by atoms with Crippen LogP contribution in [-0.2, 0) is 11.3 Å². The van der Waals surface area contributed by atoms with E-state index >= 15 is 0 Å². The second-order valence-corrected chi connectivity index (χ2v) is 6.08. The van der Waals surface area contributed by atoms with Gasteiger partial charge < -0.3 is 5.11 Å². The van der Waals surface area contributed by atoms with Crippen molar-refractivity contribution in [2.75, 3.05) is 0 Å². The summed E-state index contributed by atoms with van der Waals surface area (Å²) in [4.78, 5) is 11.6. The SMILES string of the molecule is CC(NCc1cc(Br)c(Br)s1)C(=O)O. The van der Waals surface area contributed by atoms with E-state index in [1.807, 2.05) is 6.07 Å². The van der Waals surface area contributed by atoms with Gasteiger partial charge in [0.15, 0.2) is 0 Å². The largest absolute Gasteiger partial charge is 0.480 e. The maximum Gasteiger partial charge on any atom is 0.320 e. The Morgan fingerprint density at radius 3 is 2.79 bits per heavy atom. The molecule has 1 unspecified atom stereocenters. The maximum atomic E-state index is 10.5. The summed E-state index contributed by atoms with van der Waals surface area (Å²) in [5.41, 5.74) is 0. The van der Waals surface area contributed by atoms with Crippen molar-refractivity contribution >= 4 is 49.2 Å². The molecule has 1 heterocycles. The number of halogens is 2. The zero-order valence-corrected chi connectivity index (χ0v) is 11.4. The molecule has 0 bridgehead atoms. The van der Waals surface area contributed by atoms with Crippen LogP contribution in [-0.4, -0.2) is 17.1 Å². The Bertz CT molecular complexity index is 321. The molecule has 1 aromatic rings. The van der Waals surface area contributed by atoms with Gasteiger partial charge >= 0.3 is 5.97 Å². The van der Waals surface area contributed by atoms with Crippen molar-refractivity contribution in [1.82, 2.24) is 5.32 Å². The third kappa shape index (κ3) is 3.34. The summed E-state index contributed by atoms with van der Waals surface area (Å²) in [5, 5.41) is 11.6. The molecule has 0 radical (unpaired) electrons. The predicted molar refractivity (Wildman–Crippen MR) is 63.7 cm³/mol. The molecule has 0 aliphatic rings. The van der Waals surface area contributed by atoms with Crippen molar-refractivity contribution in [2.45, 2.75) is 19.5 Å². The van der Waals surface area contributed by atoms with Gasteiger partial charge in [0.1, 0.15) is 6.04 Å². The van der Waals surface area contributed by atoms with Gasteiger partial charge in [-0.3, -0.25) is 10.1 Å². The molecule has 0 amide bonds. The fourth-order valence-electron chi connectivity index (χ4n) is 0.820. The smallest absolute Gasteiger partial charge is 0.320 e. The summed E-state index contributed by atoms with van der Waals surface area (Å²) in [7, 11) is 0. The minimum absolute atomic E-state index is 0.519. The Balaban J connectivity index is 2.50. The van der Waals surface area contributed by atoms with E-state index in [2.05, 4.69) is 37.2 Å². The van der Waals surface area contributed by atoms with Crippen molar-refractivity contribution in [2.24, 2.45) is 0 Å². The number of carboxylic acids is 1. The van der Waals surface area contributed by atoms with Crippen molar-refractivity contribution < 1.29 is 9.90 Å². The number of aliphatic carboxylic acids is 1. The second-order valence-electron chi connectivity index (χ2n) is 2.78. The van der Waals surface area contributed by atoms with Gasteiger partial charge in [0, 0.05) is 15.9 Å². The fourth-order valence-corrected chi connectivity index (χ4v) is 2.95. The van der Waals surface area contributed by atoms with Gasteiger partial charge in [-0.2, -0.15) is 0 Å². The Morgan fingerprint density at radius 1 is 1.71 bits per heavy atom. The lowest BCUT2D eigenvalue weighted by Crippen LogP contribution is -2.32. The molecule has 0 aliphatic carbocycles. The van der Waals surface area contributed by atoms with Crippen LogP contribution < -0.4 is 5.32 Å². The van der Waals surface area contributed by atoms with E-state index < -0.39 is 12.0 Å². The summed E-state index contributed by atoms with van der Waals surface area (Å²) < 4.78 is 2.03. The molecular formula is C8H9Br2NO2S. The molecule has 14 heavy (non-hydrogen) atoms. The molecule has 1 aromatic heterocycles. The topological polar surface area (TPSA) is 49.3 Å². The molecule has 0 aromatic carbocycles. The first-order chi connectivity index (χ1) is 6.50. The Kier molecular flexibility index (Phi) is 4.56. The molecule has 1 rings (SSSR count). The number of hydrogen-bond acceptors (Lipinski definition) is 3. The van der Waals surface area contributed by atoms with Crippen LogP contribution in [0, 0.1) is 0 Å². The molecule has 0 fully saturated rings. The van der Waals surface area contributed by atoms with Crippen LogP contribution in [0.3, 0.4) is 0 Å². The predicted octanol–water partition coefficient (Wildman–Crippen LogP) is 2.84. The Labute approximate surface area is 103 Å². The normalized spacial score (nSPS) is 12.8. The van der Waals surface area contributed by atoms with Crippen molar-refractivity contribution in [3.05, 3.63) is 19.2 Å². The highest BCUT2D eigenvalue weighted by molar-refractivity contribution is 9.13. The van der Waals surface area contributed by atoms with Crippen LogP contribution >= 0.6 is 43.2 Å². The number of thiophene rings is 1. The van der Waals surface area contributed by atoms with E-state index in [-0.39, 0.29) is 0 Å². The summed E-state index contributed by atoms with van der Waals surface area (Å²) in [6.45, 7) is 2.20. The fraction of sp³-hybridized carbons (Fsp3) is 0.375. The van der Waals surface area contributed by atoms with Crippen LogP contribution in [0.2, 0.25) is 0 Å². The molecule has 78 valence electrons. The summed E-state index contributed by atoms with van der Waals surface area (Å²) in [6.07, 6.45) is 0. The average molecular weight is 343 g/mol. The quantitative estimate of drug-likeness (QED) is 0.884. The molecule has 1 atom stereocenters. The molecule has 0 saturated heterocycles. The molecule has 6 heteroatoms.